The van der Waals surface area contributed by atoms with Crippen molar-refractivity contribution < 1.29 is 4.79 Å². The molecule has 4 rings (SSSR count). The lowest BCUT2D eigenvalue weighted by molar-refractivity contribution is -0.131. The number of carbonyl (C=O) groups excluding carboxylic acids is 1. The molecule has 0 saturated heterocycles. The van der Waals surface area contributed by atoms with Crippen LogP contribution in [-0.4, -0.2) is 27.6 Å². The van der Waals surface area contributed by atoms with Gasteiger partial charge in [0.2, 0.25) is 5.91 Å². The molecule has 0 fully saturated rings. The lowest BCUT2D eigenvalue weighted by atomic mass is 10.1. The van der Waals surface area contributed by atoms with Gasteiger partial charge in [0.15, 0.2) is 4.34 Å². The minimum atomic E-state index is -0.101. The van der Waals surface area contributed by atoms with Gasteiger partial charge in [-0.3, -0.25) is 4.79 Å². The Balaban J connectivity index is 1.46. The maximum Gasteiger partial charge on any atom is 0.236 e. The van der Waals surface area contributed by atoms with E-state index < -0.39 is 0 Å². The third-order valence-corrected chi connectivity index (χ3v) is 7.26. The van der Waals surface area contributed by atoms with Gasteiger partial charge in [-0.05, 0) is 42.5 Å². The fraction of sp³-hybridized carbons (Fsp3) is 0.294. The minimum Gasteiger partial charge on any atom is -0.337 e. The molecule has 6 heteroatoms. The summed E-state index contributed by atoms with van der Waals surface area (Å²) in [7, 11) is 0. The fourth-order valence-electron chi connectivity index (χ4n) is 2.80. The van der Waals surface area contributed by atoms with Crippen LogP contribution < -0.4 is 0 Å². The second-order valence-electron chi connectivity index (χ2n) is 5.59. The Morgan fingerprint density at radius 1 is 1.35 bits per heavy atom. The molecule has 3 aromatic rings. The van der Waals surface area contributed by atoms with Crippen LogP contribution in [0.3, 0.4) is 0 Å². The van der Waals surface area contributed by atoms with E-state index in [1.165, 1.54) is 15.1 Å². The van der Waals surface area contributed by atoms with Crippen molar-refractivity contribution in [2.45, 2.75) is 29.5 Å². The summed E-state index contributed by atoms with van der Waals surface area (Å²) >= 11 is 5.04. The molecule has 1 amide bonds. The number of thioether (sulfide) groups is 1. The summed E-state index contributed by atoms with van der Waals surface area (Å²) in [6.07, 6.45) is 0.983. The smallest absolute Gasteiger partial charge is 0.236 e. The SMILES string of the molecule is C[C@@H](Sc1nc2ccccc2s1)C(=O)N1CCc2sccc2C1. The average Bonchev–Trinajstić information content (AvgIpc) is 3.18. The molecular formula is C17H16N2OS3. The van der Waals surface area contributed by atoms with Crippen molar-refractivity contribution >= 4 is 50.6 Å². The number of para-hydroxylation sites is 1. The van der Waals surface area contributed by atoms with Gasteiger partial charge in [-0.2, -0.15) is 0 Å². The number of benzene rings is 1. The van der Waals surface area contributed by atoms with Gasteiger partial charge in [0, 0.05) is 18.0 Å². The molecule has 1 atom stereocenters. The molecule has 1 aliphatic heterocycles. The summed E-state index contributed by atoms with van der Waals surface area (Å²) in [5.74, 6) is 0.214. The number of thiophene rings is 1. The molecule has 0 aliphatic carbocycles. The van der Waals surface area contributed by atoms with Gasteiger partial charge in [-0.1, -0.05) is 23.9 Å². The average molecular weight is 361 g/mol. The second-order valence-corrected chi connectivity index (χ2v) is 9.21. The van der Waals surface area contributed by atoms with Gasteiger partial charge in [0.1, 0.15) is 0 Å². The fourth-order valence-corrected chi connectivity index (χ4v) is 5.98. The van der Waals surface area contributed by atoms with Crippen LogP contribution in [-0.2, 0) is 17.8 Å². The first-order valence-electron chi connectivity index (χ1n) is 7.57. The number of amides is 1. The Labute approximate surface area is 147 Å². The van der Waals surface area contributed by atoms with Crippen LogP contribution >= 0.6 is 34.4 Å². The first-order valence-corrected chi connectivity index (χ1v) is 10.1. The Hall–Kier alpha value is -1.37. The van der Waals surface area contributed by atoms with Crippen LogP contribution in [0.15, 0.2) is 40.1 Å². The van der Waals surface area contributed by atoms with Gasteiger partial charge in [0.25, 0.3) is 0 Å². The first kappa shape index (κ1) is 15.2. The molecule has 1 aromatic carbocycles. The molecule has 3 heterocycles. The lowest BCUT2D eigenvalue weighted by Gasteiger charge is -2.29. The number of carbonyl (C=O) groups is 1. The maximum absolute atomic E-state index is 12.7. The van der Waals surface area contributed by atoms with Gasteiger partial charge < -0.3 is 4.90 Å². The quantitative estimate of drug-likeness (QED) is 0.648. The second kappa shape index (κ2) is 6.26. The lowest BCUT2D eigenvalue weighted by Crippen LogP contribution is -2.39. The van der Waals surface area contributed by atoms with Crippen molar-refractivity contribution in [1.29, 1.82) is 0 Å². The van der Waals surface area contributed by atoms with E-state index in [1.54, 1.807) is 34.4 Å². The van der Waals surface area contributed by atoms with Crippen molar-refractivity contribution in [3.63, 3.8) is 0 Å². The summed E-state index contributed by atoms with van der Waals surface area (Å²) in [6, 6.07) is 10.3. The molecule has 23 heavy (non-hydrogen) atoms. The monoisotopic (exact) mass is 360 g/mol. The Morgan fingerprint density at radius 3 is 3.09 bits per heavy atom. The molecule has 0 spiro atoms. The van der Waals surface area contributed by atoms with Crippen LogP contribution in [0.1, 0.15) is 17.4 Å². The van der Waals surface area contributed by atoms with Gasteiger partial charge in [-0.25, -0.2) is 4.98 Å². The molecule has 0 unspecified atom stereocenters. The zero-order chi connectivity index (χ0) is 15.8. The van der Waals surface area contributed by atoms with Crippen LogP contribution in [0.25, 0.3) is 10.2 Å². The molecular weight excluding hydrogens is 344 g/mol. The highest BCUT2D eigenvalue weighted by molar-refractivity contribution is 8.02. The van der Waals surface area contributed by atoms with Crippen LogP contribution in [0, 0.1) is 0 Å². The zero-order valence-electron chi connectivity index (χ0n) is 12.7. The van der Waals surface area contributed by atoms with E-state index in [-0.39, 0.29) is 11.2 Å². The van der Waals surface area contributed by atoms with Crippen LogP contribution in [0.4, 0.5) is 0 Å². The molecule has 1 aliphatic rings. The number of hydrogen-bond donors (Lipinski definition) is 0. The standard InChI is InChI=1S/C17H16N2OS3/c1-11(22-17-18-13-4-2-3-5-15(13)23-17)16(20)19-8-6-14-12(10-19)7-9-21-14/h2-5,7,9,11H,6,8,10H2,1H3/t11-/m1/s1. The van der Waals surface area contributed by atoms with E-state index in [1.807, 2.05) is 30.0 Å². The molecule has 3 nitrogen and oxygen atoms in total. The van der Waals surface area contributed by atoms with Crippen molar-refractivity contribution in [3.8, 4) is 0 Å². The van der Waals surface area contributed by atoms with Crippen molar-refractivity contribution in [1.82, 2.24) is 9.88 Å². The topological polar surface area (TPSA) is 33.2 Å². The largest absolute Gasteiger partial charge is 0.337 e. The molecule has 0 saturated carbocycles. The Morgan fingerprint density at radius 2 is 2.22 bits per heavy atom. The van der Waals surface area contributed by atoms with E-state index >= 15 is 0 Å². The van der Waals surface area contributed by atoms with E-state index in [0.717, 1.165) is 29.4 Å². The van der Waals surface area contributed by atoms with E-state index in [2.05, 4.69) is 22.5 Å². The highest BCUT2D eigenvalue weighted by Gasteiger charge is 2.26. The van der Waals surface area contributed by atoms with Crippen molar-refractivity contribution in [2.24, 2.45) is 0 Å². The summed E-state index contributed by atoms with van der Waals surface area (Å²) < 4.78 is 2.15. The minimum absolute atomic E-state index is 0.101. The van der Waals surface area contributed by atoms with Crippen LogP contribution in [0.5, 0.6) is 0 Å². The number of hydrogen-bond acceptors (Lipinski definition) is 5. The third-order valence-electron chi connectivity index (χ3n) is 4.02. The summed E-state index contributed by atoms with van der Waals surface area (Å²) in [6.45, 7) is 3.57. The van der Waals surface area contributed by atoms with E-state index in [0.29, 0.717) is 0 Å². The van der Waals surface area contributed by atoms with Crippen molar-refractivity contribution in [2.75, 3.05) is 6.54 Å². The van der Waals surface area contributed by atoms with E-state index in [4.69, 9.17) is 0 Å². The van der Waals surface area contributed by atoms with Gasteiger partial charge in [0.05, 0.1) is 15.5 Å². The molecule has 118 valence electrons. The zero-order valence-corrected chi connectivity index (χ0v) is 15.1. The Kier molecular flexibility index (Phi) is 4.13. The summed E-state index contributed by atoms with van der Waals surface area (Å²) in [5.41, 5.74) is 2.33. The molecule has 0 radical (unpaired) electrons. The predicted octanol–water partition coefficient (Wildman–Crippen LogP) is 4.42. The normalized spacial score (nSPS) is 15.6. The number of rotatable bonds is 3. The number of fused-ring (bicyclic) bond motifs is 2. The number of nitrogens with zero attached hydrogens (tertiary/aromatic N) is 2. The van der Waals surface area contributed by atoms with Crippen LogP contribution in [0.2, 0.25) is 0 Å². The predicted molar refractivity (Wildman–Crippen MR) is 98.4 cm³/mol. The van der Waals surface area contributed by atoms with E-state index in [9.17, 15) is 4.79 Å². The number of aromatic nitrogens is 1. The molecule has 0 N–H and O–H groups in total. The first-order chi connectivity index (χ1) is 11.2. The van der Waals surface area contributed by atoms with Crippen molar-refractivity contribution in [3.05, 3.63) is 46.2 Å². The van der Waals surface area contributed by atoms with Gasteiger partial charge in [-0.15, -0.1) is 22.7 Å². The summed E-state index contributed by atoms with van der Waals surface area (Å²) in [5, 5.41) is 2.02. The highest BCUT2D eigenvalue weighted by Crippen LogP contribution is 2.33. The number of thiazole rings is 1. The highest BCUT2D eigenvalue weighted by atomic mass is 32.2. The maximum atomic E-state index is 12.7. The third kappa shape index (κ3) is 3.03. The van der Waals surface area contributed by atoms with Gasteiger partial charge >= 0.3 is 0 Å². The molecule has 2 aromatic heterocycles. The Bertz CT molecular complexity index is 821. The summed E-state index contributed by atoms with van der Waals surface area (Å²) in [4.78, 5) is 20.8. The molecule has 0 bridgehead atoms.